The molecule has 3 aliphatic heterocycles. The number of carbonyl (C=O) groups excluding carboxylic acids is 2. The summed E-state index contributed by atoms with van der Waals surface area (Å²) in [5.74, 6) is -6.09. The third kappa shape index (κ3) is 30.3. The summed E-state index contributed by atoms with van der Waals surface area (Å²) in [4.78, 5) is 38.5. The van der Waals surface area contributed by atoms with Gasteiger partial charge < -0.3 is 100 Å². The largest absolute Gasteiger partial charge is 0.477 e. The number of carboxylic acid groups (broad SMARTS) is 1. The summed E-state index contributed by atoms with van der Waals surface area (Å²) < 4.78 is 34.9. The number of aliphatic hydroxyl groups excluding tert-OH is 11. The molecule has 0 saturated carbocycles. The summed E-state index contributed by atoms with van der Waals surface area (Å²) >= 11 is 0. The molecule has 18 atom stereocenters. The van der Waals surface area contributed by atoms with Crippen LogP contribution in [0.3, 0.4) is 0 Å². The van der Waals surface area contributed by atoms with Crippen LogP contribution in [0.5, 0.6) is 0 Å². The van der Waals surface area contributed by atoms with E-state index in [1.165, 1.54) is 167 Å². The number of hydrogen-bond donors (Lipinski definition) is 14. The Bertz CT molecular complexity index is 1810. The Hall–Kier alpha value is -2.27. The van der Waals surface area contributed by atoms with Crippen LogP contribution in [-0.4, -0.2) is 215 Å². The third-order valence-electron chi connectivity index (χ3n) is 18.1. The van der Waals surface area contributed by atoms with Gasteiger partial charge in [-0.1, -0.05) is 232 Å². The van der Waals surface area contributed by atoms with Crippen molar-refractivity contribution in [1.82, 2.24) is 10.6 Å². The van der Waals surface area contributed by atoms with E-state index in [9.17, 15) is 75.7 Å². The minimum absolute atomic E-state index is 0.229. The monoisotopic (exact) mass is 1280 g/mol. The molecule has 2 amide bonds. The lowest BCUT2D eigenvalue weighted by molar-refractivity contribution is -0.386. The average molecular weight is 1280 g/mol. The van der Waals surface area contributed by atoms with E-state index in [1.54, 1.807) is 0 Å². The highest BCUT2D eigenvalue weighted by molar-refractivity contribution is 5.77. The molecular weight excluding hydrogens is 1160 g/mol. The molecule has 14 N–H and O–H groups in total. The fraction of sp³-hybridized carbons (Fsp3) is 0.955. The van der Waals surface area contributed by atoms with E-state index in [-0.39, 0.29) is 18.9 Å². The SMILES string of the molecule is CCCCCCCCCCCCCCCCCCCCCC(=O)NC(COC1OC(CO)C(OC2OC(CO)C(O)C(OC3(C(=O)O)CC(O)C(NC(C)=O)C(C(O)C(O)CO)O3)C2O)C(O)C1O)C(O)CCCCCCCCCCCCCCCCCC. The summed E-state index contributed by atoms with van der Waals surface area (Å²) in [5.41, 5.74) is 0. The van der Waals surface area contributed by atoms with Crippen molar-refractivity contribution in [1.29, 1.82) is 0 Å². The summed E-state index contributed by atoms with van der Waals surface area (Å²) in [6.45, 7) is 2.22. The lowest BCUT2D eigenvalue weighted by atomic mass is 9.88. The second kappa shape index (κ2) is 47.6. The topological polar surface area (TPSA) is 373 Å². The molecule has 0 spiro atoms. The van der Waals surface area contributed by atoms with Gasteiger partial charge in [0, 0.05) is 19.8 Å². The molecule has 3 heterocycles. The van der Waals surface area contributed by atoms with E-state index in [1.807, 2.05) is 0 Å². The van der Waals surface area contributed by atoms with Crippen LogP contribution >= 0.6 is 0 Å². The second-order valence-corrected chi connectivity index (χ2v) is 25.8. The van der Waals surface area contributed by atoms with Crippen LogP contribution in [0.4, 0.5) is 0 Å². The molecule has 23 nitrogen and oxygen atoms in total. The van der Waals surface area contributed by atoms with Crippen molar-refractivity contribution in [3.8, 4) is 0 Å². The number of carbonyl (C=O) groups is 3. The number of unbranched alkanes of at least 4 members (excludes halogenated alkanes) is 33. The van der Waals surface area contributed by atoms with Crippen LogP contribution in [0.1, 0.15) is 265 Å². The molecule has 89 heavy (non-hydrogen) atoms. The van der Waals surface area contributed by atoms with Crippen LogP contribution in [0.15, 0.2) is 0 Å². The lowest BCUT2D eigenvalue weighted by Crippen LogP contribution is -2.70. The quantitative estimate of drug-likeness (QED) is 0.0305. The maximum atomic E-state index is 13.5. The van der Waals surface area contributed by atoms with Gasteiger partial charge in [0.05, 0.1) is 50.7 Å². The van der Waals surface area contributed by atoms with Gasteiger partial charge in [0.15, 0.2) is 12.6 Å². The van der Waals surface area contributed by atoms with Gasteiger partial charge in [-0.15, -0.1) is 0 Å². The summed E-state index contributed by atoms with van der Waals surface area (Å²) in [6, 6.07) is -2.52. The molecule has 0 aliphatic carbocycles. The molecule has 524 valence electrons. The number of carboxylic acids is 1. The van der Waals surface area contributed by atoms with Crippen molar-refractivity contribution in [2.24, 2.45) is 0 Å². The van der Waals surface area contributed by atoms with Gasteiger partial charge >= 0.3 is 5.97 Å². The molecule has 0 aromatic carbocycles. The molecule has 3 fully saturated rings. The molecule has 0 aromatic rings. The Labute approximate surface area is 531 Å². The van der Waals surface area contributed by atoms with Crippen molar-refractivity contribution in [2.75, 3.05) is 26.4 Å². The molecule has 0 radical (unpaired) electrons. The minimum atomic E-state index is -3.08. The van der Waals surface area contributed by atoms with Crippen molar-refractivity contribution >= 4 is 17.8 Å². The van der Waals surface area contributed by atoms with E-state index in [0.29, 0.717) is 19.3 Å². The van der Waals surface area contributed by atoms with Gasteiger partial charge in [0.1, 0.15) is 67.1 Å². The van der Waals surface area contributed by atoms with E-state index in [4.69, 9.17) is 28.4 Å². The fourth-order valence-electron chi connectivity index (χ4n) is 12.5. The molecule has 18 unspecified atom stereocenters. The first-order valence-corrected chi connectivity index (χ1v) is 34.9. The van der Waals surface area contributed by atoms with Crippen LogP contribution in [-0.2, 0) is 42.8 Å². The Morgan fingerprint density at radius 2 is 0.978 bits per heavy atom. The maximum absolute atomic E-state index is 13.5. The van der Waals surface area contributed by atoms with Crippen LogP contribution in [0.25, 0.3) is 0 Å². The first-order chi connectivity index (χ1) is 42.9. The zero-order valence-corrected chi connectivity index (χ0v) is 54.6. The number of rotatable bonds is 53. The maximum Gasteiger partial charge on any atom is 0.364 e. The van der Waals surface area contributed by atoms with Crippen molar-refractivity contribution in [3.63, 3.8) is 0 Å². The Balaban J connectivity index is 1.59. The summed E-state index contributed by atoms with van der Waals surface area (Å²) in [5, 5.41) is 136. The van der Waals surface area contributed by atoms with Gasteiger partial charge in [-0.25, -0.2) is 4.79 Å². The lowest BCUT2D eigenvalue weighted by Gasteiger charge is -2.50. The number of aliphatic carboxylic acids is 1. The highest BCUT2D eigenvalue weighted by Gasteiger charge is 2.60. The minimum Gasteiger partial charge on any atom is -0.477 e. The standard InChI is InChI=1S/C66H124N2O21/c1-4-6-8-10-12-14-16-18-20-22-23-24-26-28-30-32-34-36-38-40-53(76)68-47(48(73)39-37-35-33-31-29-27-25-21-19-17-15-13-11-9-7-5-2)45-84-63-58(80)57(79)60(52(44-71)86-63)87-64-59(81)62(56(78)51(43-70)85-64)89-66(65(82)83)41-49(74)54(67-46(3)72)61(88-66)55(77)50(75)42-69/h47-52,54-64,69-71,73-75,77-81H,4-45H2,1-3H3,(H,67,72)(H,68,76)(H,82,83). The predicted octanol–water partition coefficient (Wildman–Crippen LogP) is 6.12. The normalized spacial score (nSPS) is 28.7. The number of amides is 2. The van der Waals surface area contributed by atoms with Crippen molar-refractivity contribution in [2.45, 2.75) is 375 Å². The Morgan fingerprint density at radius 1 is 0.539 bits per heavy atom. The van der Waals surface area contributed by atoms with Gasteiger partial charge in [-0.05, 0) is 12.8 Å². The summed E-state index contributed by atoms with van der Waals surface area (Å²) in [6.07, 6.45) is 13.9. The first-order valence-electron chi connectivity index (χ1n) is 34.9. The highest BCUT2D eigenvalue weighted by Crippen LogP contribution is 2.39. The highest BCUT2D eigenvalue weighted by atomic mass is 16.8. The van der Waals surface area contributed by atoms with Gasteiger partial charge in [-0.3, -0.25) is 9.59 Å². The number of hydrogen-bond acceptors (Lipinski definition) is 20. The Morgan fingerprint density at radius 3 is 1.40 bits per heavy atom. The Kier molecular flexibility index (Phi) is 43.3. The second-order valence-electron chi connectivity index (χ2n) is 25.8. The van der Waals surface area contributed by atoms with Crippen LogP contribution in [0.2, 0.25) is 0 Å². The van der Waals surface area contributed by atoms with Gasteiger partial charge in [0.25, 0.3) is 5.79 Å². The molecular formula is C66H124N2O21. The first kappa shape index (κ1) is 81.0. The molecule has 23 heteroatoms. The van der Waals surface area contributed by atoms with Gasteiger partial charge in [0.2, 0.25) is 11.8 Å². The van der Waals surface area contributed by atoms with Crippen molar-refractivity contribution in [3.05, 3.63) is 0 Å². The molecule has 0 bridgehead atoms. The number of nitrogens with one attached hydrogen (secondary N) is 2. The van der Waals surface area contributed by atoms with E-state index < -0.39 is 148 Å². The summed E-state index contributed by atoms with van der Waals surface area (Å²) in [7, 11) is 0. The number of ether oxygens (including phenoxy) is 6. The van der Waals surface area contributed by atoms with E-state index >= 15 is 0 Å². The van der Waals surface area contributed by atoms with Crippen molar-refractivity contribution < 1.29 is 104 Å². The third-order valence-corrected chi connectivity index (χ3v) is 18.1. The average Bonchev–Trinajstić information content (AvgIpc) is 1.83. The number of aliphatic hydroxyl groups is 11. The molecule has 3 aliphatic rings. The fourth-order valence-corrected chi connectivity index (χ4v) is 12.5. The molecule has 3 saturated heterocycles. The van der Waals surface area contributed by atoms with E-state index in [0.717, 1.165) is 51.9 Å². The zero-order valence-electron chi connectivity index (χ0n) is 54.6. The van der Waals surface area contributed by atoms with E-state index in [2.05, 4.69) is 24.5 Å². The smallest absolute Gasteiger partial charge is 0.364 e. The zero-order chi connectivity index (χ0) is 65.4. The van der Waals surface area contributed by atoms with Crippen LogP contribution < -0.4 is 10.6 Å². The van der Waals surface area contributed by atoms with Gasteiger partial charge in [-0.2, -0.15) is 0 Å². The molecule has 0 aromatic heterocycles. The molecule has 3 rings (SSSR count). The van der Waals surface area contributed by atoms with Crippen LogP contribution in [0, 0.1) is 0 Å². The predicted molar refractivity (Wildman–Crippen MR) is 334 cm³/mol.